The van der Waals surface area contributed by atoms with E-state index in [4.69, 9.17) is 9.47 Å². The fourth-order valence-electron chi connectivity index (χ4n) is 5.15. The van der Waals surface area contributed by atoms with Gasteiger partial charge in [-0.15, -0.1) is 0 Å². The van der Waals surface area contributed by atoms with Crippen LogP contribution in [-0.2, 0) is 6.42 Å². The number of fused-ring (bicyclic) bond motifs is 2. The summed E-state index contributed by atoms with van der Waals surface area (Å²) in [7, 11) is 1.64. The molecule has 0 radical (unpaired) electrons. The highest BCUT2D eigenvalue weighted by Gasteiger charge is 2.54. The molecule has 0 saturated heterocycles. The summed E-state index contributed by atoms with van der Waals surface area (Å²) < 4.78 is 12.2. The summed E-state index contributed by atoms with van der Waals surface area (Å²) in [5.41, 5.74) is 2.12. The van der Waals surface area contributed by atoms with Gasteiger partial charge in [0.2, 0.25) is 0 Å². The van der Waals surface area contributed by atoms with Gasteiger partial charge in [0, 0.05) is 12.0 Å². The fraction of sp³-hybridized carbons (Fsp3) is 0.440. The van der Waals surface area contributed by atoms with Crippen LogP contribution in [0.25, 0.3) is 12.2 Å². The van der Waals surface area contributed by atoms with E-state index in [1.54, 1.807) is 19.2 Å². The van der Waals surface area contributed by atoms with Crippen molar-refractivity contribution in [3.63, 3.8) is 0 Å². The maximum Gasteiger partial charge on any atom is 0.165 e. The SMILES string of the molecule is COc1cc(C=Cc2cc(O)cc(O)c2)cc2c1OC1(C)CCC(O)C(C)(C)C1C2. The quantitative estimate of drug-likeness (QED) is 0.636. The van der Waals surface area contributed by atoms with Crippen molar-refractivity contribution >= 4 is 12.2 Å². The van der Waals surface area contributed by atoms with Gasteiger partial charge in [0.15, 0.2) is 11.5 Å². The van der Waals surface area contributed by atoms with Crippen molar-refractivity contribution < 1.29 is 24.8 Å². The minimum absolute atomic E-state index is 0.0171. The van der Waals surface area contributed by atoms with Crippen LogP contribution in [-0.4, -0.2) is 34.1 Å². The molecule has 0 bridgehead atoms. The normalized spacial score (nSPS) is 27.2. The van der Waals surface area contributed by atoms with Crippen molar-refractivity contribution in [2.45, 2.75) is 51.7 Å². The smallest absolute Gasteiger partial charge is 0.165 e. The second-order valence-electron chi connectivity index (χ2n) is 9.37. The largest absolute Gasteiger partial charge is 0.508 e. The van der Waals surface area contributed by atoms with Crippen molar-refractivity contribution in [3.05, 3.63) is 47.0 Å². The highest BCUT2D eigenvalue weighted by atomic mass is 16.5. The van der Waals surface area contributed by atoms with E-state index in [-0.39, 0.29) is 34.5 Å². The van der Waals surface area contributed by atoms with Crippen molar-refractivity contribution in [2.24, 2.45) is 11.3 Å². The van der Waals surface area contributed by atoms with Crippen molar-refractivity contribution in [3.8, 4) is 23.0 Å². The van der Waals surface area contributed by atoms with Gasteiger partial charge in [0.05, 0.1) is 13.2 Å². The van der Waals surface area contributed by atoms with E-state index in [1.165, 1.54) is 6.07 Å². The first kappa shape index (κ1) is 20.6. The number of benzene rings is 2. The molecule has 4 rings (SSSR count). The number of hydrogen-bond acceptors (Lipinski definition) is 5. The van der Waals surface area contributed by atoms with Crippen LogP contribution in [0.4, 0.5) is 0 Å². The Balaban J connectivity index is 1.71. The summed E-state index contributed by atoms with van der Waals surface area (Å²) in [5, 5.41) is 30.0. The molecule has 5 heteroatoms. The van der Waals surface area contributed by atoms with E-state index in [0.717, 1.165) is 36.1 Å². The molecular formula is C25H30O5. The molecule has 3 N–H and O–H groups in total. The zero-order valence-electron chi connectivity index (χ0n) is 18.0. The van der Waals surface area contributed by atoms with Crippen LogP contribution < -0.4 is 9.47 Å². The second kappa shape index (κ2) is 7.24. The molecule has 3 atom stereocenters. The highest BCUT2D eigenvalue weighted by Crippen LogP contribution is 2.54. The lowest BCUT2D eigenvalue weighted by molar-refractivity contribution is -0.138. The number of ether oxygens (including phenoxy) is 2. The van der Waals surface area contributed by atoms with Gasteiger partial charge in [0.1, 0.15) is 17.1 Å². The van der Waals surface area contributed by atoms with Gasteiger partial charge >= 0.3 is 0 Å². The molecule has 1 saturated carbocycles. The molecule has 1 heterocycles. The first-order valence-electron chi connectivity index (χ1n) is 10.4. The third-order valence-electron chi connectivity index (χ3n) is 6.93. The van der Waals surface area contributed by atoms with E-state index < -0.39 is 0 Å². The molecule has 2 aromatic carbocycles. The number of phenols is 2. The minimum atomic E-state index is -0.343. The number of aliphatic hydroxyl groups is 1. The molecule has 30 heavy (non-hydrogen) atoms. The van der Waals surface area contributed by atoms with Crippen LogP contribution in [0.5, 0.6) is 23.0 Å². The Labute approximate surface area is 177 Å². The molecule has 1 aliphatic carbocycles. The molecular weight excluding hydrogens is 380 g/mol. The summed E-state index contributed by atoms with van der Waals surface area (Å²) in [4.78, 5) is 0. The summed E-state index contributed by atoms with van der Waals surface area (Å²) >= 11 is 0. The van der Waals surface area contributed by atoms with Gasteiger partial charge in [-0.25, -0.2) is 0 Å². The minimum Gasteiger partial charge on any atom is -0.508 e. The van der Waals surface area contributed by atoms with Gasteiger partial charge in [-0.1, -0.05) is 26.0 Å². The van der Waals surface area contributed by atoms with Gasteiger partial charge in [-0.3, -0.25) is 0 Å². The van der Waals surface area contributed by atoms with Crippen LogP contribution in [0, 0.1) is 11.3 Å². The maximum atomic E-state index is 10.6. The van der Waals surface area contributed by atoms with Gasteiger partial charge in [-0.05, 0) is 72.6 Å². The van der Waals surface area contributed by atoms with E-state index in [1.807, 2.05) is 18.2 Å². The molecule has 3 unspecified atom stereocenters. The van der Waals surface area contributed by atoms with Crippen LogP contribution in [0.1, 0.15) is 50.3 Å². The second-order valence-corrected chi connectivity index (χ2v) is 9.37. The fourth-order valence-corrected chi connectivity index (χ4v) is 5.15. The summed E-state index contributed by atoms with van der Waals surface area (Å²) in [5.74, 6) is 1.70. The van der Waals surface area contributed by atoms with Crippen LogP contribution in [0.3, 0.4) is 0 Å². The standard InChI is InChI=1S/C25H30O5/c1-24(2)21-13-17-9-15(5-6-16-10-18(26)14-19(27)11-16)12-20(29-4)23(17)30-25(21,3)8-7-22(24)28/h5-6,9-12,14,21-22,26-28H,7-8,13H2,1-4H3. The number of aromatic hydroxyl groups is 2. The molecule has 2 aliphatic rings. The molecule has 0 aromatic heterocycles. The molecule has 2 aromatic rings. The third-order valence-corrected chi connectivity index (χ3v) is 6.93. The van der Waals surface area contributed by atoms with Crippen molar-refractivity contribution in [2.75, 3.05) is 7.11 Å². The van der Waals surface area contributed by atoms with Gasteiger partial charge < -0.3 is 24.8 Å². The Morgan fingerprint density at radius 1 is 1.00 bits per heavy atom. The van der Waals surface area contributed by atoms with E-state index in [0.29, 0.717) is 11.3 Å². The summed E-state index contributed by atoms with van der Waals surface area (Å²) in [6.45, 7) is 6.41. The Morgan fingerprint density at radius 3 is 2.27 bits per heavy atom. The van der Waals surface area contributed by atoms with E-state index >= 15 is 0 Å². The number of rotatable bonds is 3. The lowest BCUT2D eigenvalue weighted by Gasteiger charge is -2.55. The molecule has 0 spiro atoms. The highest BCUT2D eigenvalue weighted by molar-refractivity contribution is 5.73. The van der Waals surface area contributed by atoms with Crippen LogP contribution in [0.2, 0.25) is 0 Å². The van der Waals surface area contributed by atoms with Crippen molar-refractivity contribution in [1.82, 2.24) is 0 Å². The zero-order chi connectivity index (χ0) is 21.7. The number of hydrogen-bond donors (Lipinski definition) is 3. The molecule has 5 nitrogen and oxygen atoms in total. The van der Waals surface area contributed by atoms with E-state index in [2.05, 4.69) is 26.8 Å². The predicted octanol–water partition coefficient (Wildman–Crippen LogP) is 4.77. The van der Waals surface area contributed by atoms with Crippen LogP contribution >= 0.6 is 0 Å². The van der Waals surface area contributed by atoms with E-state index in [9.17, 15) is 15.3 Å². The number of aliphatic hydroxyl groups excluding tert-OH is 1. The third kappa shape index (κ3) is 3.52. The average Bonchev–Trinajstić information content (AvgIpc) is 2.68. The number of methoxy groups -OCH3 is 1. The first-order chi connectivity index (χ1) is 14.1. The topological polar surface area (TPSA) is 79.2 Å². The Morgan fingerprint density at radius 2 is 1.63 bits per heavy atom. The Hall–Kier alpha value is -2.66. The summed E-state index contributed by atoms with van der Waals surface area (Å²) in [6.07, 6.45) is 5.77. The number of phenolic OH excluding ortho intramolecular Hbond substituents is 2. The predicted molar refractivity (Wildman–Crippen MR) is 117 cm³/mol. The zero-order valence-corrected chi connectivity index (χ0v) is 18.0. The van der Waals surface area contributed by atoms with Crippen molar-refractivity contribution in [1.29, 1.82) is 0 Å². The Bertz CT molecular complexity index is 973. The van der Waals surface area contributed by atoms with Gasteiger partial charge in [0.25, 0.3) is 0 Å². The molecule has 0 amide bonds. The first-order valence-corrected chi connectivity index (χ1v) is 10.4. The lowest BCUT2D eigenvalue weighted by atomic mass is 9.57. The maximum absolute atomic E-state index is 10.6. The lowest BCUT2D eigenvalue weighted by Crippen LogP contribution is -2.58. The molecule has 1 fully saturated rings. The molecule has 1 aliphatic heterocycles. The van der Waals surface area contributed by atoms with Gasteiger partial charge in [-0.2, -0.15) is 0 Å². The average molecular weight is 411 g/mol. The monoisotopic (exact) mass is 410 g/mol. The molecule has 160 valence electrons. The van der Waals surface area contributed by atoms with Crippen LogP contribution in [0.15, 0.2) is 30.3 Å². The Kier molecular flexibility index (Phi) is 4.97. The summed E-state index contributed by atoms with van der Waals surface area (Å²) in [6, 6.07) is 8.50.